The van der Waals surface area contributed by atoms with Crippen LogP contribution in [0.15, 0.2) is 30.9 Å². The molecule has 1 rings (SSSR count). The summed E-state index contributed by atoms with van der Waals surface area (Å²) in [5, 5.41) is 3.40. The first kappa shape index (κ1) is 20.8. The second-order valence-electron chi connectivity index (χ2n) is 5.03. The molecule has 0 spiro atoms. The molecule has 0 radical (unpaired) electrons. The van der Waals surface area contributed by atoms with Gasteiger partial charge in [-0.25, -0.2) is 0 Å². The van der Waals surface area contributed by atoms with Gasteiger partial charge in [0.15, 0.2) is 11.5 Å². The normalized spacial score (nSPS) is 10.2. The summed E-state index contributed by atoms with van der Waals surface area (Å²) in [6.45, 7) is 10.8. The minimum absolute atomic E-state index is 0. The summed E-state index contributed by atoms with van der Waals surface area (Å²) in [6, 6.07) is 5.97. The van der Waals surface area contributed by atoms with Gasteiger partial charge in [-0.15, -0.1) is 12.4 Å². The molecule has 0 aliphatic rings. The molecule has 0 amide bonds. The van der Waals surface area contributed by atoms with E-state index < -0.39 is 0 Å². The van der Waals surface area contributed by atoms with Crippen molar-refractivity contribution in [2.75, 3.05) is 26.9 Å². The lowest BCUT2D eigenvalue weighted by molar-refractivity contribution is 0.0770. The van der Waals surface area contributed by atoms with E-state index in [-0.39, 0.29) is 12.4 Å². The Balaban J connectivity index is 0.00000441. The Hall–Kier alpha value is -1.23. The molecule has 0 heterocycles. The van der Waals surface area contributed by atoms with Gasteiger partial charge in [0.05, 0.1) is 13.2 Å². The van der Waals surface area contributed by atoms with Crippen LogP contribution in [0.25, 0.3) is 0 Å². The topological polar surface area (TPSA) is 39.7 Å². The van der Waals surface area contributed by atoms with Crippen molar-refractivity contribution in [1.29, 1.82) is 0 Å². The van der Waals surface area contributed by atoms with Crippen molar-refractivity contribution in [1.82, 2.24) is 5.32 Å². The number of hydrogen-bond acceptors (Lipinski definition) is 4. The van der Waals surface area contributed by atoms with Crippen molar-refractivity contribution < 1.29 is 14.2 Å². The molecule has 0 saturated heterocycles. The average Bonchev–Trinajstić information content (AvgIpc) is 2.48. The number of ether oxygens (including phenoxy) is 3. The number of methoxy groups -OCH3 is 1. The SMILES string of the molecule is C=CCOc1ccc(CNCCCOC(C)C)cc1OC.Cl. The summed E-state index contributed by atoms with van der Waals surface area (Å²) in [5.74, 6) is 1.49. The van der Waals surface area contributed by atoms with E-state index in [2.05, 4.69) is 25.7 Å². The zero-order chi connectivity index (χ0) is 15.5. The van der Waals surface area contributed by atoms with Crippen LogP contribution in [0.4, 0.5) is 0 Å². The molecule has 126 valence electrons. The molecule has 4 nitrogen and oxygen atoms in total. The van der Waals surface area contributed by atoms with Crippen LogP contribution in [0.3, 0.4) is 0 Å². The second-order valence-corrected chi connectivity index (χ2v) is 5.03. The van der Waals surface area contributed by atoms with Crippen LogP contribution >= 0.6 is 12.4 Å². The molecular weight excluding hydrogens is 302 g/mol. The van der Waals surface area contributed by atoms with E-state index in [1.54, 1.807) is 13.2 Å². The summed E-state index contributed by atoms with van der Waals surface area (Å²) >= 11 is 0. The fourth-order valence-electron chi connectivity index (χ4n) is 1.84. The predicted octanol–water partition coefficient (Wildman–Crippen LogP) is 3.59. The van der Waals surface area contributed by atoms with Crippen molar-refractivity contribution in [3.05, 3.63) is 36.4 Å². The van der Waals surface area contributed by atoms with Crippen molar-refractivity contribution in [2.45, 2.75) is 32.9 Å². The molecular formula is C17H28ClNO3. The zero-order valence-electron chi connectivity index (χ0n) is 13.8. The van der Waals surface area contributed by atoms with Gasteiger partial charge in [-0.3, -0.25) is 0 Å². The lowest BCUT2D eigenvalue weighted by Crippen LogP contribution is -2.17. The minimum atomic E-state index is 0. The Kier molecular flexibility index (Phi) is 11.6. The molecule has 1 aromatic carbocycles. The van der Waals surface area contributed by atoms with Crippen LogP contribution in [-0.2, 0) is 11.3 Å². The van der Waals surface area contributed by atoms with E-state index in [4.69, 9.17) is 14.2 Å². The van der Waals surface area contributed by atoms with Gasteiger partial charge in [-0.2, -0.15) is 0 Å². The minimum Gasteiger partial charge on any atom is -0.493 e. The lowest BCUT2D eigenvalue weighted by Gasteiger charge is -2.12. The maximum atomic E-state index is 5.53. The Labute approximate surface area is 140 Å². The fraction of sp³-hybridized carbons (Fsp3) is 0.529. The second kappa shape index (κ2) is 12.3. The Morgan fingerprint density at radius 2 is 2.05 bits per heavy atom. The zero-order valence-corrected chi connectivity index (χ0v) is 14.6. The third-order valence-corrected chi connectivity index (χ3v) is 2.86. The van der Waals surface area contributed by atoms with Crippen molar-refractivity contribution in [2.24, 2.45) is 0 Å². The van der Waals surface area contributed by atoms with Gasteiger partial charge in [0, 0.05) is 13.2 Å². The summed E-state index contributed by atoms with van der Waals surface area (Å²) in [4.78, 5) is 0. The molecule has 1 aromatic rings. The summed E-state index contributed by atoms with van der Waals surface area (Å²) in [7, 11) is 1.65. The maximum absolute atomic E-state index is 5.53. The Bertz CT molecular complexity index is 424. The number of benzene rings is 1. The largest absolute Gasteiger partial charge is 0.493 e. The molecule has 0 atom stereocenters. The quantitative estimate of drug-likeness (QED) is 0.497. The average molecular weight is 330 g/mol. The van der Waals surface area contributed by atoms with Crippen LogP contribution in [0.5, 0.6) is 11.5 Å². The summed E-state index contributed by atoms with van der Waals surface area (Å²) in [6.07, 6.45) is 3.03. The Morgan fingerprint density at radius 3 is 2.68 bits per heavy atom. The van der Waals surface area contributed by atoms with Gasteiger partial charge in [0.25, 0.3) is 0 Å². The van der Waals surface area contributed by atoms with Gasteiger partial charge in [-0.1, -0.05) is 18.7 Å². The van der Waals surface area contributed by atoms with E-state index in [9.17, 15) is 0 Å². The Morgan fingerprint density at radius 1 is 1.27 bits per heavy atom. The molecule has 0 aliphatic carbocycles. The highest BCUT2D eigenvalue weighted by molar-refractivity contribution is 5.85. The van der Waals surface area contributed by atoms with Crippen molar-refractivity contribution in [3.63, 3.8) is 0 Å². The summed E-state index contributed by atoms with van der Waals surface area (Å²) in [5.41, 5.74) is 1.17. The molecule has 5 heteroatoms. The predicted molar refractivity (Wildman–Crippen MR) is 93.3 cm³/mol. The van der Waals surface area contributed by atoms with E-state index in [0.717, 1.165) is 37.6 Å². The van der Waals surface area contributed by atoms with Gasteiger partial charge in [0.1, 0.15) is 6.61 Å². The highest BCUT2D eigenvalue weighted by atomic mass is 35.5. The third-order valence-electron chi connectivity index (χ3n) is 2.86. The van der Waals surface area contributed by atoms with Crippen LogP contribution in [-0.4, -0.2) is 33.0 Å². The van der Waals surface area contributed by atoms with Gasteiger partial charge in [0.2, 0.25) is 0 Å². The fourth-order valence-corrected chi connectivity index (χ4v) is 1.84. The van der Waals surface area contributed by atoms with E-state index in [0.29, 0.717) is 12.7 Å². The highest BCUT2D eigenvalue weighted by Crippen LogP contribution is 2.27. The third kappa shape index (κ3) is 8.27. The molecule has 22 heavy (non-hydrogen) atoms. The number of halogens is 1. The molecule has 0 saturated carbocycles. The number of hydrogen-bond donors (Lipinski definition) is 1. The van der Waals surface area contributed by atoms with Crippen LogP contribution in [0, 0.1) is 0 Å². The molecule has 0 bridgehead atoms. The number of nitrogens with one attached hydrogen (secondary N) is 1. The van der Waals surface area contributed by atoms with Gasteiger partial charge >= 0.3 is 0 Å². The van der Waals surface area contributed by atoms with Crippen LogP contribution in [0.1, 0.15) is 25.8 Å². The molecule has 1 N–H and O–H groups in total. The monoisotopic (exact) mass is 329 g/mol. The van der Waals surface area contributed by atoms with Crippen LogP contribution < -0.4 is 14.8 Å². The first-order valence-corrected chi connectivity index (χ1v) is 7.40. The maximum Gasteiger partial charge on any atom is 0.161 e. The van der Waals surface area contributed by atoms with Crippen molar-refractivity contribution in [3.8, 4) is 11.5 Å². The van der Waals surface area contributed by atoms with Crippen molar-refractivity contribution >= 4 is 12.4 Å². The molecule has 0 fully saturated rings. The molecule has 0 unspecified atom stereocenters. The van der Waals surface area contributed by atoms with E-state index in [1.165, 1.54) is 5.56 Å². The number of rotatable bonds is 11. The van der Waals surface area contributed by atoms with Gasteiger partial charge in [-0.05, 0) is 44.5 Å². The molecule has 0 aromatic heterocycles. The van der Waals surface area contributed by atoms with E-state index in [1.807, 2.05) is 18.2 Å². The first-order valence-electron chi connectivity index (χ1n) is 7.40. The summed E-state index contributed by atoms with van der Waals surface area (Å²) < 4.78 is 16.4. The lowest BCUT2D eigenvalue weighted by atomic mass is 10.2. The smallest absolute Gasteiger partial charge is 0.161 e. The van der Waals surface area contributed by atoms with Gasteiger partial charge < -0.3 is 19.5 Å². The standard InChI is InChI=1S/C17H27NO3.ClH/c1-5-10-21-16-8-7-15(12-17(16)19-4)13-18-9-6-11-20-14(2)3;/h5,7-8,12,14,18H,1,6,9-11,13H2,2-4H3;1H. The van der Waals surface area contributed by atoms with E-state index >= 15 is 0 Å². The first-order chi connectivity index (χ1) is 10.2. The highest BCUT2D eigenvalue weighted by Gasteiger charge is 2.05. The van der Waals surface area contributed by atoms with Crippen LogP contribution in [0.2, 0.25) is 0 Å². The molecule has 0 aliphatic heterocycles.